The number of sulfonamides is 1. The van der Waals surface area contributed by atoms with E-state index in [0.29, 0.717) is 0 Å². The molecule has 4 nitrogen and oxygen atoms in total. The average molecular weight is 181 g/mol. The van der Waals surface area contributed by atoms with Gasteiger partial charge in [0.2, 0.25) is 10.0 Å². The summed E-state index contributed by atoms with van der Waals surface area (Å²) in [6.45, 7) is 2.61. The smallest absolute Gasteiger partial charge is 0.221 e. The van der Waals surface area contributed by atoms with Crippen LogP contribution in [0.1, 0.15) is 13.8 Å². The lowest BCUT2D eigenvalue weighted by Gasteiger charge is -2.25. The van der Waals surface area contributed by atoms with Gasteiger partial charge in [0.15, 0.2) is 0 Å². The van der Waals surface area contributed by atoms with E-state index in [9.17, 15) is 8.42 Å². The minimum absolute atomic E-state index is 0.368. The summed E-state index contributed by atoms with van der Waals surface area (Å²) in [5, 5.41) is 8.77. The van der Waals surface area contributed by atoms with Crippen LogP contribution in [0.25, 0.3) is 0 Å². The Morgan fingerprint density at radius 3 is 1.82 bits per heavy atom. The largest absolute Gasteiger partial charge is 0.395 e. The van der Waals surface area contributed by atoms with E-state index in [2.05, 4.69) is 0 Å². The van der Waals surface area contributed by atoms with Gasteiger partial charge in [-0.2, -0.15) is 0 Å². The summed E-state index contributed by atoms with van der Waals surface area (Å²) in [6.07, 6.45) is 0. The zero-order valence-electron chi connectivity index (χ0n) is 7.33. The summed E-state index contributed by atoms with van der Waals surface area (Å²) in [4.78, 5) is 0. The van der Waals surface area contributed by atoms with Gasteiger partial charge in [0.25, 0.3) is 0 Å². The van der Waals surface area contributed by atoms with E-state index in [1.807, 2.05) is 0 Å². The molecule has 0 bridgehead atoms. The molecule has 0 amide bonds. The number of nitrogens with zero attached hydrogens (tertiary/aromatic N) is 1. The van der Waals surface area contributed by atoms with Crippen LogP contribution in [0.4, 0.5) is 0 Å². The van der Waals surface area contributed by atoms with E-state index in [0.717, 1.165) is 4.31 Å². The molecule has 68 valence electrons. The van der Waals surface area contributed by atoms with Gasteiger partial charge in [-0.15, -0.1) is 0 Å². The summed E-state index contributed by atoms with van der Waals surface area (Å²) in [6, 6.07) is 0. The molecular formula is C6H15NO3S. The van der Waals surface area contributed by atoms with Crippen molar-refractivity contribution in [2.24, 2.45) is 0 Å². The van der Waals surface area contributed by atoms with Gasteiger partial charge >= 0.3 is 0 Å². The Balaban J connectivity index is 4.85. The SMILES string of the molecule is CN(C)S(=O)(=O)C(C)(C)CO. The van der Waals surface area contributed by atoms with Crippen LogP contribution >= 0.6 is 0 Å². The van der Waals surface area contributed by atoms with Crippen molar-refractivity contribution in [2.75, 3.05) is 20.7 Å². The Labute approximate surface area is 67.9 Å². The summed E-state index contributed by atoms with van der Waals surface area (Å²) >= 11 is 0. The molecule has 0 aliphatic heterocycles. The van der Waals surface area contributed by atoms with E-state index >= 15 is 0 Å². The van der Waals surface area contributed by atoms with E-state index < -0.39 is 14.8 Å². The van der Waals surface area contributed by atoms with Gasteiger partial charge in [-0.1, -0.05) is 0 Å². The molecular weight excluding hydrogens is 166 g/mol. The van der Waals surface area contributed by atoms with Crippen LogP contribution in [0, 0.1) is 0 Å². The van der Waals surface area contributed by atoms with Crippen molar-refractivity contribution in [3.05, 3.63) is 0 Å². The quantitative estimate of drug-likeness (QED) is 0.647. The maximum atomic E-state index is 11.3. The second-order valence-corrected chi connectivity index (χ2v) is 5.99. The van der Waals surface area contributed by atoms with Gasteiger partial charge in [0, 0.05) is 14.1 Å². The second-order valence-electron chi connectivity index (χ2n) is 3.21. The molecule has 0 unspecified atom stereocenters. The van der Waals surface area contributed by atoms with Crippen LogP contribution in [0.3, 0.4) is 0 Å². The Morgan fingerprint density at radius 1 is 1.36 bits per heavy atom. The summed E-state index contributed by atoms with van der Waals surface area (Å²) in [5.41, 5.74) is 0. The molecule has 11 heavy (non-hydrogen) atoms. The molecule has 0 saturated heterocycles. The molecule has 0 aliphatic carbocycles. The third kappa shape index (κ3) is 1.91. The van der Waals surface area contributed by atoms with Crippen molar-refractivity contribution >= 4 is 10.0 Å². The monoisotopic (exact) mass is 181 g/mol. The van der Waals surface area contributed by atoms with Gasteiger partial charge in [0.05, 0.1) is 6.61 Å². The molecule has 0 aromatic rings. The molecule has 0 aromatic carbocycles. The van der Waals surface area contributed by atoms with Crippen LogP contribution in [0.5, 0.6) is 0 Å². The Bertz CT molecular complexity index is 218. The first-order chi connectivity index (χ1) is 4.75. The van der Waals surface area contributed by atoms with E-state index in [1.54, 1.807) is 0 Å². The fraction of sp³-hybridized carbons (Fsp3) is 1.00. The summed E-state index contributed by atoms with van der Waals surface area (Å²) < 4.78 is 22.7. The standard InChI is InChI=1S/C6H15NO3S/c1-6(2,5-8)11(9,10)7(3)4/h8H,5H2,1-4H3. The average Bonchev–Trinajstić information content (AvgIpc) is 1.87. The van der Waals surface area contributed by atoms with Crippen LogP contribution in [-0.2, 0) is 10.0 Å². The first kappa shape index (κ1) is 10.9. The number of aliphatic hydroxyl groups is 1. The maximum Gasteiger partial charge on any atom is 0.221 e. The lowest BCUT2D eigenvalue weighted by Crippen LogP contribution is -2.43. The lowest BCUT2D eigenvalue weighted by molar-refractivity contribution is 0.253. The van der Waals surface area contributed by atoms with Crippen molar-refractivity contribution in [1.82, 2.24) is 4.31 Å². The fourth-order valence-corrected chi connectivity index (χ4v) is 1.73. The van der Waals surface area contributed by atoms with Crippen molar-refractivity contribution < 1.29 is 13.5 Å². The normalized spacial score (nSPS) is 14.0. The zero-order chi connectivity index (χ0) is 9.28. The van der Waals surface area contributed by atoms with E-state index in [1.165, 1.54) is 27.9 Å². The van der Waals surface area contributed by atoms with Crippen molar-refractivity contribution in [1.29, 1.82) is 0 Å². The van der Waals surface area contributed by atoms with Crippen LogP contribution in [0.15, 0.2) is 0 Å². The Hall–Kier alpha value is -0.130. The number of rotatable bonds is 3. The molecule has 0 aliphatic rings. The predicted octanol–water partition coefficient (Wildman–Crippen LogP) is -0.351. The number of hydrogen-bond acceptors (Lipinski definition) is 3. The minimum atomic E-state index is -3.34. The zero-order valence-corrected chi connectivity index (χ0v) is 8.14. The summed E-state index contributed by atoms with van der Waals surface area (Å²) in [5.74, 6) is 0. The van der Waals surface area contributed by atoms with E-state index in [4.69, 9.17) is 5.11 Å². The topological polar surface area (TPSA) is 57.6 Å². The molecule has 0 atom stereocenters. The third-order valence-corrected chi connectivity index (χ3v) is 4.05. The minimum Gasteiger partial charge on any atom is -0.395 e. The highest BCUT2D eigenvalue weighted by Gasteiger charge is 2.35. The molecule has 0 spiro atoms. The Kier molecular flexibility index (Phi) is 3.05. The van der Waals surface area contributed by atoms with Gasteiger partial charge in [-0.05, 0) is 13.8 Å². The highest BCUT2D eigenvalue weighted by Crippen LogP contribution is 2.17. The fourth-order valence-electron chi connectivity index (χ4n) is 0.576. The van der Waals surface area contributed by atoms with Crippen LogP contribution in [0.2, 0.25) is 0 Å². The first-order valence-electron chi connectivity index (χ1n) is 3.28. The molecule has 0 fully saturated rings. The molecule has 0 saturated carbocycles. The lowest BCUT2D eigenvalue weighted by atomic mass is 10.2. The molecule has 5 heteroatoms. The number of hydrogen-bond donors (Lipinski definition) is 1. The third-order valence-electron chi connectivity index (χ3n) is 1.56. The number of aliphatic hydroxyl groups excluding tert-OH is 1. The molecule has 0 aromatic heterocycles. The van der Waals surface area contributed by atoms with Crippen molar-refractivity contribution in [3.63, 3.8) is 0 Å². The van der Waals surface area contributed by atoms with Crippen LogP contribution in [-0.4, -0.2) is 43.3 Å². The maximum absolute atomic E-state index is 11.3. The molecule has 1 N–H and O–H groups in total. The summed E-state index contributed by atoms with van der Waals surface area (Å²) in [7, 11) is -0.441. The first-order valence-corrected chi connectivity index (χ1v) is 4.72. The molecule has 0 rings (SSSR count). The predicted molar refractivity (Wildman–Crippen MR) is 43.8 cm³/mol. The highest BCUT2D eigenvalue weighted by atomic mass is 32.2. The van der Waals surface area contributed by atoms with Gasteiger partial charge < -0.3 is 5.11 Å². The molecule has 0 radical (unpaired) electrons. The Morgan fingerprint density at radius 2 is 1.73 bits per heavy atom. The van der Waals surface area contributed by atoms with Gasteiger partial charge in [-0.25, -0.2) is 12.7 Å². The van der Waals surface area contributed by atoms with Gasteiger partial charge in [0.1, 0.15) is 4.75 Å². The highest BCUT2D eigenvalue weighted by molar-refractivity contribution is 7.90. The van der Waals surface area contributed by atoms with E-state index in [-0.39, 0.29) is 6.61 Å². The van der Waals surface area contributed by atoms with Gasteiger partial charge in [-0.3, -0.25) is 0 Å². The van der Waals surface area contributed by atoms with Crippen LogP contribution < -0.4 is 0 Å². The molecule has 0 heterocycles. The second kappa shape index (κ2) is 3.08. The van der Waals surface area contributed by atoms with Crippen molar-refractivity contribution in [2.45, 2.75) is 18.6 Å². The van der Waals surface area contributed by atoms with Crippen molar-refractivity contribution in [3.8, 4) is 0 Å².